The molecule has 35 heavy (non-hydrogen) atoms. The molecule has 6 rings (SSSR count). The van der Waals surface area contributed by atoms with Crippen molar-refractivity contribution in [2.45, 2.75) is 46.0 Å². The second-order valence-corrected chi connectivity index (χ2v) is 15.0. The molecule has 178 valence electrons. The molecular formula is C27H24N2S6. The van der Waals surface area contributed by atoms with Gasteiger partial charge in [0.2, 0.25) is 0 Å². The normalized spacial score (nSPS) is 11.7. The van der Waals surface area contributed by atoms with Crippen molar-refractivity contribution in [1.82, 2.24) is 9.97 Å². The van der Waals surface area contributed by atoms with Crippen molar-refractivity contribution in [3.8, 4) is 39.3 Å². The molecule has 0 unspecified atom stereocenters. The van der Waals surface area contributed by atoms with Crippen LogP contribution in [0.3, 0.4) is 0 Å². The van der Waals surface area contributed by atoms with Crippen molar-refractivity contribution in [1.29, 1.82) is 0 Å². The third-order valence-corrected chi connectivity index (χ3v) is 12.8. The molecule has 6 aromatic rings. The van der Waals surface area contributed by atoms with Crippen LogP contribution >= 0.6 is 68.0 Å². The molecule has 0 aliphatic rings. The van der Waals surface area contributed by atoms with E-state index in [1.54, 1.807) is 22.7 Å². The van der Waals surface area contributed by atoms with Crippen molar-refractivity contribution < 1.29 is 0 Å². The molecule has 0 radical (unpaired) electrons. The third-order valence-electron chi connectivity index (χ3n) is 5.77. The van der Waals surface area contributed by atoms with Crippen LogP contribution in [0.1, 0.15) is 42.4 Å². The molecule has 0 saturated carbocycles. The zero-order valence-electron chi connectivity index (χ0n) is 19.5. The summed E-state index contributed by atoms with van der Waals surface area (Å²) in [6, 6.07) is 17.9. The van der Waals surface area contributed by atoms with Gasteiger partial charge in [0, 0.05) is 29.3 Å². The summed E-state index contributed by atoms with van der Waals surface area (Å²) in [6.07, 6.45) is 6.49. The van der Waals surface area contributed by atoms with Crippen molar-refractivity contribution >= 4 is 77.7 Å². The van der Waals surface area contributed by atoms with E-state index in [1.807, 2.05) is 45.3 Å². The summed E-state index contributed by atoms with van der Waals surface area (Å²) in [5.41, 5.74) is 0. The maximum Gasteiger partial charge on any atom is 0.155 e. The fraction of sp³-hybridized carbons (Fsp3) is 0.259. The van der Waals surface area contributed by atoms with Crippen molar-refractivity contribution in [2.24, 2.45) is 0 Å². The lowest BCUT2D eigenvalue weighted by Crippen LogP contribution is -1.80. The molecule has 0 aliphatic carbocycles. The standard InChI is InChI=1S/C27H24N2S6/c1-3-4-5-6-7-17-9-11-19(31-17)21-13-15-23(33-21)25-29-27-26(35-25)28-24(34-27)22-14-12-20(32-22)18-10-8-16(2)30-18/h8-15H,3-7H2,1-2H3. The summed E-state index contributed by atoms with van der Waals surface area (Å²) in [6.45, 7) is 4.43. The topological polar surface area (TPSA) is 25.8 Å². The number of aryl methyl sites for hydroxylation is 2. The van der Waals surface area contributed by atoms with Gasteiger partial charge in [0.1, 0.15) is 10.0 Å². The van der Waals surface area contributed by atoms with E-state index >= 15 is 0 Å². The molecule has 0 fully saturated rings. The van der Waals surface area contributed by atoms with Gasteiger partial charge in [-0.05, 0) is 68.3 Å². The maximum absolute atomic E-state index is 4.96. The Hall–Kier alpha value is -1.68. The van der Waals surface area contributed by atoms with Crippen molar-refractivity contribution in [3.05, 3.63) is 58.3 Å². The first kappa shape index (κ1) is 23.7. The van der Waals surface area contributed by atoms with Crippen LogP contribution in [0.25, 0.3) is 48.9 Å². The van der Waals surface area contributed by atoms with Crippen LogP contribution in [0, 0.1) is 6.92 Å². The number of aromatic nitrogens is 2. The fourth-order valence-electron chi connectivity index (χ4n) is 3.96. The molecule has 6 aromatic heterocycles. The molecule has 0 saturated heterocycles. The first-order valence-electron chi connectivity index (χ1n) is 11.8. The van der Waals surface area contributed by atoms with Crippen LogP contribution in [0.15, 0.2) is 48.5 Å². The molecule has 8 heteroatoms. The fourth-order valence-corrected chi connectivity index (χ4v) is 10.2. The summed E-state index contributed by atoms with van der Waals surface area (Å²) < 4.78 is 0. The van der Waals surface area contributed by atoms with Gasteiger partial charge in [-0.15, -0.1) is 45.3 Å². The van der Waals surface area contributed by atoms with E-state index in [0.717, 1.165) is 19.7 Å². The van der Waals surface area contributed by atoms with Crippen LogP contribution in [-0.4, -0.2) is 9.97 Å². The summed E-state index contributed by atoms with van der Waals surface area (Å²) in [5, 5.41) is 2.16. The molecule has 0 N–H and O–H groups in total. The number of hydrogen-bond donors (Lipinski definition) is 0. The summed E-state index contributed by atoms with van der Waals surface area (Å²) in [7, 11) is 0. The lowest BCUT2D eigenvalue weighted by molar-refractivity contribution is 0.670. The first-order chi connectivity index (χ1) is 17.2. The lowest BCUT2D eigenvalue weighted by atomic mass is 10.1. The van der Waals surface area contributed by atoms with Gasteiger partial charge in [-0.25, -0.2) is 9.97 Å². The van der Waals surface area contributed by atoms with Gasteiger partial charge in [0.15, 0.2) is 9.66 Å². The lowest BCUT2D eigenvalue weighted by Gasteiger charge is -1.96. The van der Waals surface area contributed by atoms with Gasteiger partial charge in [-0.1, -0.05) is 48.9 Å². The Morgan fingerprint density at radius 2 is 1.09 bits per heavy atom. The van der Waals surface area contributed by atoms with E-state index in [4.69, 9.17) is 9.97 Å². The number of rotatable bonds is 9. The number of thiazole rings is 2. The SMILES string of the molecule is CCCCCCc1ccc(-c2ccc(-c3nc4sc(-c5ccc(-c6ccc(C)s6)s5)nc4s3)s2)s1. The third kappa shape index (κ3) is 5.10. The molecular weight excluding hydrogens is 545 g/mol. The smallest absolute Gasteiger partial charge is 0.155 e. The van der Waals surface area contributed by atoms with Crippen LogP contribution in [0.2, 0.25) is 0 Å². The van der Waals surface area contributed by atoms with Crippen LogP contribution in [0.4, 0.5) is 0 Å². The number of thiophene rings is 4. The van der Waals surface area contributed by atoms with Gasteiger partial charge < -0.3 is 0 Å². The molecule has 2 nitrogen and oxygen atoms in total. The van der Waals surface area contributed by atoms with E-state index in [0.29, 0.717) is 0 Å². The van der Waals surface area contributed by atoms with E-state index in [2.05, 4.69) is 62.4 Å². The summed E-state index contributed by atoms with van der Waals surface area (Å²) in [5.74, 6) is 0. The predicted octanol–water partition coefficient (Wildman–Crippen LogP) is 11.1. The largest absolute Gasteiger partial charge is 0.222 e. The van der Waals surface area contributed by atoms with Crippen LogP contribution < -0.4 is 0 Å². The zero-order chi connectivity index (χ0) is 23.8. The minimum absolute atomic E-state index is 1.04. The van der Waals surface area contributed by atoms with Gasteiger partial charge >= 0.3 is 0 Å². The monoisotopic (exact) mass is 568 g/mol. The average molecular weight is 569 g/mol. The van der Waals surface area contributed by atoms with E-state index in [9.17, 15) is 0 Å². The molecule has 0 aromatic carbocycles. The Kier molecular flexibility index (Phi) is 7.02. The van der Waals surface area contributed by atoms with Gasteiger partial charge in [-0.2, -0.15) is 0 Å². The Balaban J connectivity index is 1.18. The van der Waals surface area contributed by atoms with Crippen molar-refractivity contribution in [3.63, 3.8) is 0 Å². The van der Waals surface area contributed by atoms with E-state index in [1.165, 1.54) is 71.1 Å². The minimum atomic E-state index is 1.04. The maximum atomic E-state index is 4.96. The Morgan fingerprint density at radius 3 is 1.69 bits per heavy atom. The minimum Gasteiger partial charge on any atom is -0.222 e. The summed E-state index contributed by atoms with van der Waals surface area (Å²) >= 11 is 10.9. The second kappa shape index (κ2) is 10.4. The molecule has 0 atom stereocenters. The highest BCUT2D eigenvalue weighted by Gasteiger charge is 2.17. The molecule has 0 spiro atoms. The highest BCUT2D eigenvalue weighted by atomic mass is 32.1. The summed E-state index contributed by atoms with van der Waals surface area (Å²) in [4.78, 5) is 22.7. The highest BCUT2D eigenvalue weighted by molar-refractivity contribution is 7.33. The average Bonchev–Trinajstić information content (AvgIpc) is 3.66. The number of unbranched alkanes of at least 4 members (excludes halogenated alkanes) is 3. The van der Waals surface area contributed by atoms with Gasteiger partial charge in [0.05, 0.1) is 9.75 Å². The number of nitrogens with zero attached hydrogens (tertiary/aromatic N) is 2. The predicted molar refractivity (Wildman–Crippen MR) is 161 cm³/mol. The Labute approximate surface area is 229 Å². The Bertz CT molecular complexity index is 1540. The highest BCUT2D eigenvalue weighted by Crippen LogP contribution is 2.44. The van der Waals surface area contributed by atoms with Crippen LogP contribution in [-0.2, 0) is 6.42 Å². The van der Waals surface area contributed by atoms with E-state index < -0.39 is 0 Å². The zero-order valence-corrected chi connectivity index (χ0v) is 24.4. The second-order valence-electron chi connectivity index (χ2n) is 8.46. The molecule has 0 amide bonds. The molecule has 0 aliphatic heterocycles. The number of fused-ring (bicyclic) bond motifs is 1. The Morgan fingerprint density at radius 1 is 0.543 bits per heavy atom. The van der Waals surface area contributed by atoms with Gasteiger partial charge in [0.25, 0.3) is 0 Å². The quantitative estimate of drug-likeness (QED) is 0.162. The first-order valence-corrected chi connectivity index (χ1v) is 16.7. The molecule has 0 bridgehead atoms. The van der Waals surface area contributed by atoms with E-state index in [-0.39, 0.29) is 0 Å². The number of hydrogen-bond acceptors (Lipinski definition) is 8. The van der Waals surface area contributed by atoms with Gasteiger partial charge in [-0.3, -0.25) is 0 Å². The van der Waals surface area contributed by atoms with Crippen LogP contribution in [0.5, 0.6) is 0 Å². The molecule has 6 heterocycles. The van der Waals surface area contributed by atoms with Crippen molar-refractivity contribution in [2.75, 3.05) is 0 Å².